The standard InChI is InChI=1S/C18H24N4O2/c1-10-8-15(24-9-14(23)19-11(2)12-4-5-12)20-18-16(10)17(13-6-7-13)21-22(18)3/h8,11-13H,4-7,9H2,1-3H3,(H,19,23). The molecule has 0 radical (unpaired) electrons. The van der Waals surface area contributed by atoms with E-state index in [1.165, 1.54) is 25.7 Å². The molecule has 1 amide bonds. The van der Waals surface area contributed by atoms with Gasteiger partial charge in [0.1, 0.15) is 0 Å². The fourth-order valence-corrected chi connectivity index (χ4v) is 3.30. The summed E-state index contributed by atoms with van der Waals surface area (Å²) in [7, 11) is 1.91. The van der Waals surface area contributed by atoms with Gasteiger partial charge in [0.05, 0.1) is 5.69 Å². The van der Waals surface area contributed by atoms with Crippen molar-refractivity contribution < 1.29 is 9.53 Å². The molecular formula is C18H24N4O2. The highest BCUT2D eigenvalue weighted by atomic mass is 16.5. The van der Waals surface area contributed by atoms with Gasteiger partial charge in [-0.2, -0.15) is 10.1 Å². The minimum absolute atomic E-state index is 0.00232. The van der Waals surface area contributed by atoms with E-state index in [0.29, 0.717) is 17.7 Å². The van der Waals surface area contributed by atoms with E-state index in [-0.39, 0.29) is 18.6 Å². The molecule has 2 aliphatic carbocycles. The molecule has 6 nitrogen and oxygen atoms in total. The van der Waals surface area contributed by atoms with E-state index in [0.717, 1.165) is 22.3 Å². The Balaban J connectivity index is 1.48. The molecule has 0 spiro atoms. The maximum absolute atomic E-state index is 12.0. The Hall–Kier alpha value is -2.11. The number of nitrogens with one attached hydrogen (secondary N) is 1. The average Bonchev–Trinajstić information content (AvgIpc) is 3.44. The zero-order valence-corrected chi connectivity index (χ0v) is 14.5. The highest BCUT2D eigenvalue weighted by molar-refractivity contribution is 5.84. The van der Waals surface area contributed by atoms with E-state index in [1.54, 1.807) is 0 Å². The monoisotopic (exact) mass is 328 g/mol. The summed E-state index contributed by atoms with van der Waals surface area (Å²) in [6.45, 7) is 4.11. The highest BCUT2D eigenvalue weighted by Gasteiger charge is 2.30. The van der Waals surface area contributed by atoms with Crippen LogP contribution in [-0.2, 0) is 11.8 Å². The summed E-state index contributed by atoms with van der Waals surface area (Å²) in [4.78, 5) is 16.6. The van der Waals surface area contributed by atoms with Crippen molar-refractivity contribution in [1.82, 2.24) is 20.1 Å². The summed E-state index contributed by atoms with van der Waals surface area (Å²) in [5.74, 6) is 1.62. The van der Waals surface area contributed by atoms with Gasteiger partial charge in [-0.05, 0) is 51.0 Å². The van der Waals surface area contributed by atoms with Crippen molar-refractivity contribution in [2.24, 2.45) is 13.0 Å². The molecule has 0 aliphatic heterocycles. The second kappa shape index (κ2) is 5.76. The average molecular weight is 328 g/mol. The van der Waals surface area contributed by atoms with Crippen LogP contribution in [0, 0.1) is 12.8 Å². The summed E-state index contributed by atoms with van der Waals surface area (Å²) in [5, 5.41) is 8.77. The van der Waals surface area contributed by atoms with Crippen molar-refractivity contribution in [1.29, 1.82) is 0 Å². The molecule has 128 valence electrons. The first kappa shape index (κ1) is 15.4. The molecule has 6 heteroatoms. The van der Waals surface area contributed by atoms with E-state index >= 15 is 0 Å². The van der Waals surface area contributed by atoms with Crippen LogP contribution in [0.15, 0.2) is 6.07 Å². The fraction of sp³-hybridized carbons (Fsp3) is 0.611. The van der Waals surface area contributed by atoms with Crippen molar-refractivity contribution in [3.05, 3.63) is 17.3 Å². The van der Waals surface area contributed by atoms with Crippen molar-refractivity contribution in [2.75, 3.05) is 6.61 Å². The van der Waals surface area contributed by atoms with E-state index in [4.69, 9.17) is 4.74 Å². The van der Waals surface area contributed by atoms with Crippen LogP contribution in [0.1, 0.15) is 49.8 Å². The van der Waals surface area contributed by atoms with Gasteiger partial charge >= 0.3 is 0 Å². The third-order valence-corrected chi connectivity index (χ3v) is 5.03. The lowest BCUT2D eigenvalue weighted by atomic mass is 10.1. The van der Waals surface area contributed by atoms with E-state index in [1.807, 2.05) is 17.8 Å². The van der Waals surface area contributed by atoms with Crippen LogP contribution in [0.2, 0.25) is 0 Å². The fourth-order valence-electron chi connectivity index (χ4n) is 3.30. The summed E-state index contributed by atoms with van der Waals surface area (Å²) in [6, 6.07) is 2.14. The number of fused-ring (bicyclic) bond motifs is 1. The zero-order valence-electron chi connectivity index (χ0n) is 14.5. The molecule has 2 fully saturated rings. The number of nitrogens with zero attached hydrogens (tertiary/aromatic N) is 3. The predicted molar refractivity (Wildman–Crippen MR) is 91.0 cm³/mol. The van der Waals surface area contributed by atoms with Crippen LogP contribution in [0.4, 0.5) is 0 Å². The topological polar surface area (TPSA) is 69.0 Å². The van der Waals surface area contributed by atoms with Crippen LogP contribution in [0.25, 0.3) is 11.0 Å². The van der Waals surface area contributed by atoms with Crippen molar-refractivity contribution in [2.45, 2.75) is 51.5 Å². The number of rotatable bonds is 6. The predicted octanol–water partition coefficient (Wildman–Crippen LogP) is 2.45. The first-order chi connectivity index (χ1) is 11.5. The number of amides is 1. The van der Waals surface area contributed by atoms with Crippen LogP contribution < -0.4 is 10.1 Å². The van der Waals surface area contributed by atoms with E-state index in [9.17, 15) is 4.79 Å². The zero-order chi connectivity index (χ0) is 16.8. The maximum atomic E-state index is 12.0. The van der Waals surface area contributed by atoms with Crippen LogP contribution in [0.5, 0.6) is 5.88 Å². The Morgan fingerprint density at radius 2 is 2.17 bits per heavy atom. The molecule has 1 unspecified atom stereocenters. The summed E-state index contributed by atoms with van der Waals surface area (Å²) < 4.78 is 7.45. The van der Waals surface area contributed by atoms with Crippen molar-refractivity contribution in [3.8, 4) is 5.88 Å². The minimum Gasteiger partial charge on any atom is -0.468 e. The van der Waals surface area contributed by atoms with Crippen LogP contribution in [0.3, 0.4) is 0 Å². The Labute approximate surface area is 141 Å². The molecule has 0 aromatic carbocycles. The highest BCUT2D eigenvalue weighted by Crippen LogP contribution is 2.43. The Morgan fingerprint density at radius 3 is 2.83 bits per heavy atom. The third-order valence-electron chi connectivity index (χ3n) is 5.03. The lowest BCUT2D eigenvalue weighted by Crippen LogP contribution is -2.37. The van der Waals surface area contributed by atoms with Gasteiger partial charge in [-0.1, -0.05) is 0 Å². The molecule has 2 heterocycles. The smallest absolute Gasteiger partial charge is 0.258 e. The quantitative estimate of drug-likeness (QED) is 0.884. The van der Waals surface area contributed by atoms with Crippen LogP contribution >= 0.6 is 0 Å². The Bertz CT molecular complexity index is 790. The molecule has 1 N–H and O–H groups in total. The van der Waals surface area contributed by atoms with Gasteiger partial charge < -0.3 is 10.1 Å². The summed E-state index contributed by atoms with van der Waals surface area (Å²) in [6.07, 6.45) is 4.85. The number of aromatic nitrogens is 3. The van der Waals surface area contributed by atoms with Gasteiger partial charge in [0.2, 0.25) is 5.88 Å². The molecule has 2 saturated carbocycles. The third kappa shape index (κ3) is 2.97. The number of hydrogen-bond acceptors (Lipinski definition) is 4. The second-order valence-electron chi connectivity index (χ2n) is 7.24. The van der Waals surface area contributed by atoms with Crippen molar-refractivity contribution in [3.63, 3.8) is 0 Å². The summed E-state index contributed by atoms with van der Waals surface area (Å²) >= 11 is 0. The van der Waals surface area contributed by atoms with Gasteiger partial charge in [0.15, 0.2) is 12.3 Å². The number of hydrogen-bond donors (Lipinski definition) is 1. The lowest BCUT2D eigenvalue weighted by Gasteiger charge is -2.13. The number of carbonyl (C=O) groups excluding carboxylic acids is 1. The molecule has 2 aromatic heterocycles. The first-order valence-electron chi connectivity index (χ1n) is 8.79. The molecule has 0 bridgehead atoms. The number of ether oxygens (including phenoxy) is 1. The van der Waals surface area contributed by atoms with E-state index in [2.05, 4.69) is 29.2 Å². The first-order valence-corrected chi connectivity index (χ1v) is 8.79. The van der Waals surface area contributed by atoms with Gasteiger partial charge in [-0.15, -0.1) is 0 Å². The van der Waals surface area contributed by atoms with E-state index < -0.39 is 0 Å². The molecule has 0 saturated heterocycles. The molecule has 2 aliphatic rings. The van der Waals surface area contributed by atoms with Gasteiger partial charge in [-0.3, -0.25) is 9.48 Å². The van der Waals surface area contributed by atoms with Gasteiger partial charge in [0.25, 0.3) is 5.91 Å². The minimum atomic E-state index is -0.0855. The Morgan fingerprint density at radius 1 is 1.42 bits per heavy atom. The number of pyridine rings is 1. The molecular weight excluding hydrogens is 304 g/mol. The SMILES string of the molecule is Cc1cc(OCC(=O)NC(C)C2CC2)nc2c1c(C1CC1)nn2C. The van der Waals surface area contributed by atoms with Crippen LogP contribution in [-0.4, -0.2) is 33.3 Å². The molecule has 1 atom stereocenters. The van der Waals surface area contributed by atoms with Crippen molar-refractivity contribution >= 4 is 16.9 Å². The molecule has 24 heavy (non-hydrogen) atoms. The lowest BCUT2D eigenvalue weighted by molar-refractivity contribution is -0.123. The molecule has 2 aromatic rings. The number of carbonyl (C=O) groups is 1. The van der Waals surface area contributed by atoms with Gasteiger partial charge in [0, 0.05) is 30.5 Å². The number of aryl methyl sites for hydroxylation is 2. The maximum Gasteiger partial charge on any atom is 0.258 e. The normalized spacial score (nSPS) is 18.6. The molecule has 4 rings (SSSR count). The second-order valence-corrected chi connectivity index (χ2v) is 7.24. The van der Waals surface area contributed by atoms with Gasteiger partial charge in [-0.25, -0.2) is 0 Å². The Kier molecular flexibility index (Phi) is 3.70. The summed E-state index contributed by atoms with van der Waals surface area (Å²) in [5.41, 5.74) is 3.09. The largest absolute Gasteiger partial charge is 0.468 e.